The van der Waals surface area contributed by atoms with E-state index in [4.69, 9.17) is 4.74 Å². The van der Waals surface area contributed by atoms with Crippen molar-refractivity contribution in [3.05, 3.63) is 29.3 Å². The average molecular weight is 426 g/mol. The van der Waals surface area contributed by atoms with E-state index in [0.29, 0.717) is 24.2 Å². The van der Waals surface area contributed by atoms with Gasteiger partial charge in [0.2, 0.25) is 15.9 Å². The predicted molar refractivity (Wildman–Crippen MR) is 110 cm³/mol. The van der Waals surface area contributed by atoms with Crippen molar-refractivity contribution in [1.82, 2.24) is 14.9 Å². The summed E-state index contributed by atoms with van der Waals surface area (Å²) in [6, 6.07) is 4.46. The van der Waals surface area contributed by atoms with E-state index in [2.05, 4.69) is 10.0 Å². The van der Waals surface area contributed by atoms with Gasteiger partial charge in [0.1, 0.15) is 0 Å². The smallest absolute Gasteiger partial charge is 0.254 e. The van der Waals surface area contributed by atoms with Crippen LogP contribution in [0.2, 0.25) is 0 Å². The van der Waals surface area contributed by atoms with Crippen LogP contribution in [0.15, 0.2) is 23.1 Å². The van der Waals surface area contributed by atoms with Crippen LogP contribution < -0.4 is 10.0 Å². The third-order valence-electron chi connectivity index (χ3n) is 4.93. The molecule has 1 aromatic rings. The van der Waals surface area contributed by atoms with Crippen molar-refractivity contribution >= 4 is 21.8 Å². The number of hydrogen-bond acceptors (Lipinski definition) is 5. The number of methoxy groups -OCH3 is 1. The zero-order chi connectivity index (χ0) is 21.6. The van der Waals surface area contributed by atoms with E-state index in [9.17, 15) is 18.0 Å². The van der Waals surface area contributed by atoms with Crippen molar-refractivity contribution < 1.29 is 22.7 Å². The number of sulfonamides is 1. The third kappa shape index (κ3) is 6.25. The van der Waals surface area contributed by atoms with Crippen molar-refractivity contribution in [2.75, 3.05) is 33.4 Å². The number of rotatable bonds is 8. The number of ether oxygens (including phenoxy) is 1. The van der Waals surface area contributed by atoms with Gasteiger partial charge in [0, 0.05) is 44.3 Å². The Hall–Kier alpha value is -1.97. The van der Waals surface area contributed by atoms with Gasteiger partial charge in [-0.1, -0.05) is 19.9 Å². The maximum Gasteiger partial charge on any atom is 0.254 e. The Bertz CT molecular complexity index is 839. The number of nitrogens with one attached hydrogen (secondary N) is 2. The summed E-state index contributed by atoms with van der Waals surface area (Å²) in [5, 5.41) is 2.98. The van der Waals surface area contributed by atoms with Gasteiger partial charge in [-0.25, -0.2) is 13.1 Å². The van der Waals surface area contributed by atoms with Gasteiger partial charge in [0.25, 0.3) is 5.91 Å². The molecule has 1 aliphatic rings. The Balaban J connectivity index is 2.16. The quantitative estimate of drug-likeness (QED) is 0.611. The lowest BCUT2D eigenvalue weighted by Gasteiger charge is -2.34. The molecule has 0 spiro atoms. The minimum atomic E-state index is -3.73. The zero-order valence-electron chi connectivity index (χ0n) is 17.5. The summed E-state index contributed by atoms with van der Waals surface area (Å²) < 4.78 is 32.3. The molecule has 29 heavy (non-hydrogen) atoms. The van der Waals surface area contributed by atoms with E-state index in [1.807, 2.05) is 13.8 Å². The number of amides is 2. The Morgan fingerprint density at radius 2 is 2.03 bits per heavy atom. The molecule has 162 valence electrons. The Morgan fingerprint density at radius 1 is 1.31 bits per heavy atom. The first-order chi connectivity index (χ1) is 13.7. The molecule has 1 heterocycles. The fourth-order valence-corrected chi connectivity index (χ4v) is 4.22. The van der Waals surface area contributed by atoms with Crippen LogP contribution in [0.5, 0.6) is 0 Å². The molecule has 0 aromatic heterocycles. The number of carbonyl (C=O) groups is 2. The van der Waals surface area contributed by atoms with Gasteiger partial charge in [0.15, 0.2) is 0 Å². The van der Waals surface area contributed by atoms with Gasteiger partial charge in [-0.3, -0.25) is 9.59 Å². The predicted octanol–water partition coefficient (Wildman–Crippen LogP) is 1.30. The summed E-state index contributed by atoms with van der Waals surface area (Å²) in [5.41, 5.74) is 1.06. The first kappa shape index (κ1) is 23.3. The molecular formula is C20H31N3O5S. The fourth-order valence-electron chi connectivity index (χ4n) is 3.18. The van der Waals surface area contributed by atoms with E-state index >= 15 is 0 Å². The molecule has 1 saturated heterocycles. The minimum Gasteiger partial charge on any atom is -0.383 e. The van der Waals surface area contributed by atoms with E-state index in [1.165, 1.54) is 19.2 Å². The molecule has 0 bridgehead atoms. The van der Waals surface area contributed by atoms with E-state index < -0.39 is 10.0 Å². The molecule has 0 aliphatic carbocycles. The highest BCUT2D eigenvalue weighted by Crippen LogP contribution is 2.20. The maximum absolute atomic E-state index is 13.1. The summed E-state index contributed by atoms with van der Waals surface area (Å²) in [6.45, 7) is 6.85. The molecule has 1 aromatic carbocycles. The fraction of sp³-hybridized carbons (Fsp3) is 0.600. The Kier molecular flexibility index (Phi) is 8.18. The number of nitrogens with zero attached hydrogens (tertiary/aromatic N) is 1. The topological polar surface area (TPSA) is 105 Å². The molecule has 2 rings (SSSR count). The second-order valence-corrected chi connectivity index (χ2v) is 9.39. The SMILES string of the molecule is COCCNS(=O)(=O)c1ccc(C)c(C(=O)N2CCCC(NC(=O)C(C)C)C2)c1. The van der Waals surface area contributed by atoms with Crippen LogP contribution in [0.4, 0.5) is 0 Å². The average Bonchev–Trinajstić information content (AvgIpc) is 2.68. The number of aryl methyl sites for hydroxylation is 1. The Morgan fingerprint density at radius 3 is 2.69 bits per heavy atom. The summed E-state index contributed by atoms with van der Waals surface area (Å²) in [6.07, 6.45) is 1.60. The van der Waals surface area contributed by atoms with Crippen LogP contribution in [0, 0.1) is 12.8 Å². The molecule has 9 heteroatoms. The largest absolute Gasteiger partial charge is 0.383 e. The van der Waals surface area contributed by atoms with Crippen LogP contribution in [0.1, 0.15) is 42.6 Å². The van der Waals surface area contributed by atoms with E-state index in [0.717, 1.165) is 12.8 Å². The normalized spacial score (nSPS) is 17.4. The molecule has 1 unspecified atom stereocenters. The highest BCUT2D eigenvalue weighted by molar-refractivity contribution is 7.89. The van der Waals surface area contributed by atoms with Gasteiger partial charge in [-0.2, -0.15) is 0 Å². The second-order valence-electron chi connectivity index (χ2n) is 7.62. The highest BCUT2D eigenvalue weighted by Gasteiger charge is 2.27. The summed E-state index contributed by atoms with van der Waals surface area (Å²) >= 11 is 0. The van der Waals surface area contributed by atoms with Gasteiger partial charge in [0.05, 0.1) is 11.5 Å². The molecule has 1 atom stereocenters. The number of carbonyl (C=O) groups excluding carboxylic acids is 2. The van der Waals surface area contributed by atoms with Gasteiger partial charge in [-0.15, -0.1) is 0 Å². The lowest BCUT2D eigenvalue weighted by molar-refractivity contribution is -0.125. The van der Waals surface area contributed by atoms with Crippen molar-refractivity contribution in [1.29, 1.82) is 0 Å². The molecule has 0 radical (unpaired) electrons. The monoisotopic (exact) mass is 425 g/mol. The summed E-state index contributed by atoms with van der Waals surface area (Å²) in [7, 11) is -2.24. The standard InChI is InChI=1S/C20H31N3O5S/c1-14(2)19(24)22-16-6-5-10-23(13-16)20(25)18-12-17(8-7-15(18)3)29(26,27)21-9-11-28-4/h7-8,12,14,16,21H,5-6,9-11,13H2,1-4H3,(H,22,24). The van der Waals surface area contributed by atoms with Crippen molar-refractivity contribution in [2.45, 2.75) is 44.6 Å². The van der Waals surface area contributed by atoms with Gasteiger partial charge >= 0.3 is 0 Å². The molecule has 1 aliphatic heterocycles. The minimum absolute atomic E-state index is 0.0318. The lowest BCUT2D eigenvalue weighted by Crippen LogP contribution is -2.50. The Labute approximate surface area is 173 Å². The van der Waals surface area contributed by atoms with E-state index in [-0.39, 0.29) is 41.8 Å². The van der Waals surface area contributed by atoms with Crippen LogP contribution in [-0.4, -0.2) is 64.5 Å². The number of likely N-dealkylation sites (tertiary alicyclic amines) is 1. The van der Waals surface area contributed by atoms with Crippen LogP contribution in [0.3, 0.4) is 0 Å². The summed E-state index contributed by atoms with van der Waals surface area (Å²) in [4.78, 5) is 26.8. The first-order valence-corrected chi connectivity index (χ1v) is 11.3. The number of benzene rings is 1. The molecule has 2 amide bonds. The summed E-state index contributed by atoms with van der Waals surface area (Å²) in [5.74, 6) is -0.369. The second kappa shape index (κ2) is 10.2. The molecule has 1 fully saturated rings. The van der Waals surface area contributed by atoms with E-state index in [1.54, 1.807) is 17.9 Å². The zero-order valence-corrected chi connectivity index (χ0v) is 18.3. The van der Waals surface area contributed by atoms with Crippen molar-refractivity contribution in [3.8, 4) is 0 Å². The molecule has 2 N–H and O–H groups in total. The van der Waals surface area contributed by atoms with Crippen molar-refractivity contribution in [2.24, 2.45) is 5.92 Å². The molecular weight excluding hydrogens is 394 g/mol. The van der Waals surface area contributed by atoms with Gasteiger partial charge < -0.3 is 15.0 Å². The number of piperidine rings is 1. The molecule has 0 saturated carbocycles. The highest BCUT2D eigenvalue weighted by atomic mass is 32.2. The van der Waals surface area contributed by atoms with Gasteiger partial charge in [-0.05, 0) is 37.5 Å². The maximum atomic E-state index is 13.1. The van der Waals surface area contributed by atoms with Crippen LogP contribution in [-0.2, 0) is 19.6 Å². The van der Waals surface area contributed by atoms with Crippen molar-refractivity contribution in [3.63, 3.8) is 0 Å². The molecule has 8 nitrogen and oxygen atoms in total. The van der Waals surface area contributed by atoms with Crippen LogP contribution >= 0.6 is 0 Å². The van der Waals surface area contributed by atoms with Crippen LogP contribution in [0.25, 0.3) is 0 Å². The third-order valence-corrected chi connectivity index (χ3v) is 6.39. The number of hydrogen-bond donors (Lipinski definition) is 2. The lowest BCUT2D eigenvalue weighted by atomic mass is 10.0. The first-order valence-electron chi connectivity index (χ1n) is 9.84.